The van der Waals surface area contributed by atoms with Crippen molar-refractivity contribution >= 4 is 23.7 Å². The molecule has 0 bridgehead atoms. The zero-order valence-electron chi connectivity index (χ0n) is 19.9. The molecule has 33 heavy (non-hydrogen) atoms. The number of imide groups is 1. The first-order valence-corrected chi connectivity index (χ1v) is 12.5. The third-order valence-corrected chi connectivity index (χ3v) is 7.74. The Balaban J connectivity index is 1.60. The Kier molecular flexibility index (Phi) is 8.80. The molecule has 0 aliphatic carbocycles. The molecule has 2 unspecified atom stereocenters. The van der Waals surface area contributed by atoms with Crippen LogP contribution in [0.5, 0.6) is 5.75 Å². The number of carbonyl (C=O) groups excluding carboxylic acids is 2. The van der Waals surface area contributed by atoms with E-state index in [-0.39, 0.29) is 23.4 Å². The van der Waals surface area contributed by atoms with Crippen LogP contribution in [-0.4, -0.2) is 41.7 Å². The highest BCUT2D eigenvalue weighted by Crippen LogP contribution is 2.50. The molecule has 1 N–H and O–H groups in total. The molecule has 1 aliphatic heterocycles. The van der Waals surface area contributed by atoms with Crippen LogP contribution < -0.4 is 10.1 Å². The number of carbonyl (C=O) groups is 2. The van der Waals surface area contributed by atoms with Gasteiger partial charge >= 0.3 is 6.03 Å². The summed E-state index contributed by atoms with van der Waals surface area (Å²) in [6, 6.07) is 17.1. The van der Waals surface area contributed by atoms with Gasteiger partial charge in [-0.1, -0.05) is 56.3 Å². The van der Waals surface area contributed by atoms with Gasteiger partial charge in [0.05, 0.1) is 18.1 Å². The predicted molar refractivity (Wildman–Crippen MR) is 132 cm³/mol. The topological polar surface area (TPSA) is 67.9 Å². The van der Waals surface area contributed by atoms with Crippen molar-refractivity contribution in [2.75, 3.05) is 19.5 Å². The second-order valence-electron chi connectivity index (χ2n) is 8.27. The molecule has 1 aliphatic rings. The zero-order chi connectivity index (χ0) is 23.8. The Morgan fingerprint density at radius 3 is 2.39 bits per heavy atom. The van der Waals surface area contributed by atoms with Crippen LogP contribution in [0, 0.1) is 5.41 Å². The molecule has 3 rings (SSSR count). The van der Waals surface area contributed by atoms with E-state index in [0.29, 0.717) is 13.2 Å². The number of β-lactam (4-membered cyclic amide) rings is 1. The van der Waals surface area contributed by atoms with Gasteiger partial charge in [-0.05, 0) is 43.0 Å². The van der Waals surface area contributed by atoms with E-state index in [2.05, 4.69) is 5.32 Å². The van der Waals surface area contributed by atoms with Gasteiger partial charge in [0, 0.05) is 12.9 Å². The molecule has 2 aromatic carbocycles. The number of benzene rings is 2. The monoisotopic (exact) mass is 470 g/mol. The molecular weight excluding hydrogens is 436 g/mol. The molecule has 0 spiro atoms. The van der Waals surface area contributed by atoms with Crippen LogP contribution in [-0.2, 0) is 16.1 Å². The van der Waals surface area contributed by atoms with Gasteiger partial charge in [0.15, 0.2) is 0 Å². The molecule has 2 atom stereocenters. The zero-order valence-corrected chi connectivity index (χ0v) is 20.7. The summed E-state index contributed by atoms with van der Waals surface area (Å²) in [6.45, 7) is 7.04. The van der Waals surface area contributed by atoms with Gasteiger partial charge in [-0.2, -0.15) is 0 Å². The molecule has 0 radical (unpaired) electrons. The number of ether oxygens (including phenoxy) is 2. The van der Waals surface area contributed by atoms with Crippen LogP contribution in [0.4, 0.5) is 4.79 Å². The number of thioether (sulfide) groups is 1. The largest absolute Gasteiger partial charge is 0.489 e. The minimum atomic E-state index is -0.475. The lowest BCUT2D eigenvalue weighted by atomic mass is 9.73. The first kappa shape index (κ1) is 25.1. The summed E-state index contributed by atoms with van der Waals surface area (Å²) in [6.07, 6.45) is 1.44. The van der Waals surface area contributed by atoms with E-state index < -0.39 is 5.41 Å². The van der Waals surface area contributed by atoms with Crippen molar-refractivity contribution < 1.29 is 19.1 Å². The number of nitrogens with zero attached hydrogens (tertiary/aromatic N) is 1. The highest BCUT2D eigenvalue weighted by atomic mass is 32.2. The summed E-state index contributed by atoms with van der Waals surface area (Å²) >= 11 is 1.62. The maximum Gasteiger partial charge on any atom is 0.325 e. The van der Waals surface area contributed by atoms with Gasteiger partial charge in [-0.15, -0.1) is 11.8 Å². The van der Waals surface area contributed by atoms with Crippen LogP contribution in [0.15, 0.2) is 54.6 Å². The Morgan fingerprint density at radius 2 is 1.79 bits per heavy atom. The Morgan fingerprint density at radius 1 is 1.12 bits per heavy atom. The standard InChI is InChI=1S/C26H34N2O4S/c1-5-26(6-2)23(29)28(24(26)33-17-16-31-4)25(30)27-19(3)21-12-14-22(15-13-21)32-18-20-10-8-7-9-11-20/h7-15,19,24H,5-6,16-18H2,1-4H3,(H,27,30). The number of amides is 3. The van der Waals surface area contributed by atoms with Crippen LogP contribution in [0.25, 0.3) is 0 Å². The number of hydrogen-bond donors (Lipinski definition) is 1. The summed E-state index contributed by atoms with van der Waals surface area (Å²) in [5.74, 6) is 1.42. The van der Waals surface area contributed by atoms with Crippen LogP contribution in [0.2, 0.25) is 0 Å². The summed E-state index contributed by atoms with van der Waals surface area (Å²) in [5.41, 5.74) is 1.58. The number of methoxy groups -OCH3 is 1. The van der Waals surface area contributed by atoms with E-state index in [1.54, 1.807) is 18.9 Å². The molecule has 3 amide bonds. The first-order valence-electron chi connectivity index (χ1n) is 11.5. The van der Waals surface area contributed by atoms with Crippen LogP contribution >= 0.6 is 11.8 Å². The smallest absolute Gasteiger partial charge is 0.325 e. The van der Waals surface area contributed by atoms with Crippen molar-refractivity contribution in [1.29, 1.82) is 0 Å². The van der Waals surface area contributed by atoms with Gasteiger partial charge < -0.3 is 14.8 Å². The Hall–Kier alpha value is -2.51. The minimum Gasteiger partial charge on any atom is -0.489 e. The number of rotatable bonds is 11. The highest BCUT2D eigenvalue weighted by molar-refractivity contribution is 8.00. The lowest BCUT2D eigenvalue weighted by Gasteiger charge is -2.54. The highest BCUT2D eigenvalue weighted by Gasteiger charge is 2.60. The number of hydrogen-bond acceptors (Lipinski definition) is 5. The molecule has 2 aromatic rings. The molecule has 1 heterocycles. The molecular formula is C26H34N2O4S. The van der Waals surface area contributed by atoms with Crippen molar-refractivity contribution in [2.45, 2.75) is 51.6 Å². The minimum absolute atomic E-state index is 0.0863. The molecule has 1 saturated heterocycles. The lowest BCUT2D eigenvalue weighted by Crippen LogP contribution is -2.70. The summed E-state index contributed by atoms with van der Waals surface area (Å²) in [4.78, 5) is 27.4. The van der Waals surface area contributed by atoms with Gasteiger partial charge in [-0.3, -0.25) is 4.79 Å². The van der Waals surface area contributed by atoms with Crippen molar-refractivity contribution in [2.24, 2.45) is 5.41 Å². The van der Waals surface area contributed by atoms with Crippen molar-refractivity contribution in [3.8, 4) is 5.75 Å². The third-order valence-electron chi connectivity index (χ3n) is 6.36. The summed E-state index contributed by atoms with van der Waals surface area (Å²) in [5, 5.41) is 2.82. The van der Waals surface area contributed by atoms with Crippen molar-refractivity contribution in [3.05, 3.63) is 65.7 Å². The maximum atomic E-state index is 13.0. The summed E-state index contributed by atoms with van der Waals surface area (Å²) in [7, 11) is 1.66. The van der Waals surface area contributed by atoms with Crippen molar-refractivity contribution in [1.82, 2.24) is 10.2 Å². The molecule has 0 aromatic heterocycles. The second kappa shape index (κ2) is 11.6. The number of urea groups is 1. The van der Waals surface area contributed by atoms with E-state index in [4.69, 9.17) is 9.47 Å². The van der Waals surface area contributed by atoms with Gasteiger partial charge in [0.25, 0.3) is 0 Å². The fourth-order valence-corrected chi connectivity index (χ4v) is 5.72. The molecule has 7 heteroatoms. The van der Waals surface area contributed by atoms with E-state index in [9.17, 15) is 9.59 Å². The molecule has 6 nitrogen and oxygen atoms in total. The SMILES string of the molecule is CCC1(CC)C(=O)N(C(=O)NC(C)c2ccc(OCc3ccccc3)cc2)C1SCCOC. The summed E-state index contributed by atoms with van der Waals surface area (Å²) < 4.78 is 11.0. The average molecular weight is 471 g/mol. The van der Waals surface area contributed by atoms with E-state index >= 15 is 0 Å². The maximum absolute atomic E-state index is 13.0. The third kappa shape index (κ3) is 5.53. The Bertz CT molecular complexity index is 916. The fraction of sp³-hybridized carbons (Fsp3) is 0.462. The fourth-order valence-electron chi connectivity index (χ4n) is 4.14. The second-order valence-corrected chi connectivity index (χ2v) is 9.46. The van der Waals surface area contributed by atoms with E-state index in [0.717, 1.165) is 35.5 Å². The van der Waals surface area contributed by atoms with Crippen LogP contribution in [0.1, 0.15) is 50.8 Å². The lowest BCUT2D eigenvalue weighted by molar-refractivity contribution is -0.158. The van der Waals surface area contributed by atoms with Crippen LogP contribution in [0.3, 0.4) is 0 Å². The normalized spacial score (nSPS) is 17.9. The quantitative estimate of drug-likeness (QED) is 0.352. The van der Waals surface area contributed by atoms with E-state index in [1.165, 1.54) is 4.90 Å². The number of nitrogens with one attached hydrogen (secondary N) is 1. The average Bonchev–Trinajstić information content (AvgIpc) is 2.84. The molecule has 0 saturated carbocycles. The number of likely N-dealkylation sites (tertiary alicyclic amines) is 1. The molecule has 178 valence electrons. The van der Waals surface area contributed by atoms with Gasteiger partial charge in [0.2, 0.25) is 5.91 Å². The predicted octanol–water partition coefficient (Wildman–Crippen LogP) is 5.39. The van der Waals surface area contributed by atoms with Crippen molar-refractivity contribution in [3.63, 3.8) is 0 Å². The van der Waals surface area contributed by atoms with Gasteiger partial charge in [0.1, 0.15) is 17.7 Å². The van der Waals surface area contributed by atoms with E-state index in [1.807, 2.05) is 75.4 Å². The Labute approximate surface area is 201 Å². The molecule has 1 fully saturated rings. The first-order chi connectivity index (χ1) is 16.0. The van der Waals surface area contributed by atoms with Gasteiger partial charge in [-0.25, -0.2) is 9.69 Å².